The molecule has 5 rings (SSSR count). The lowest BCUT2D eigenvalue weighted by Gasteiger charge is -2.28. The Morgan fingerprint density at radius 1 is 1.05 bits per heavy atom. The molecule has 1 atom stereocenters. The van der Waals surface area contributed by atoms with Crippen molar-refractivity contribution in [1.82, 2.24) is 4.98 Å². The van der Waals surface area contributed by atoms with Crippen LogP contribution >= 0.6 is 0 Å². The van der Waals surface area contributed by atoms with Crippen molar-refractivity contribution in [3.8, 4) is 0 Å². The number of piperidine rings is 1. The van der Waals surface area contributed by atoms with Gasteiger partial charge in [0.2, 0.25) is 5.91 Å². The summed E-state index contributed by atoms with van der Waals surface area (Å²) in [5, 5.41) is 15.3. The number of hydrogen-bond donors (Lipinski definition) is 3. The van der Waals surface area contributed by atoms with Crippen molar-refractivity contribution in [3.63, 3.8) is 0 Å². The maximum atomic E-state index is 13.2. The Kier molecular flexibility index (Phi) is 8.21. The van der Waals surface area contributed by atoms with E-state index in [1.807, 2.05) is 6.07 Å². The molecule has 0 saturated carbocycles. The summed E-state index contributed by atoms with van der Waals surface area (Å²) in [6.45, 7) is 1.78. The third-order valence-electron chi connectivity index (χ3n) is 7.16. The lowest BCUT2D eigenvalue weighted by Crippen LogP contribution is -2.34. The molecule has 1 fully saturated rings. The van der Waals surface area contributed by atoms with Crippen molar-refractivity contribution in [2.75, 3.05) is 28.6 Å². The van der Waals surface area contributed by atoms with Gasteiger partial charge in [-0.3, -0.25) is 9.59 Å². The molecular formula is C31H29F3N4O3. The minimum atomic E-state index is -4.45. The van der Waals surface area contributed by atoms with E-state index < -0.39 is 29.7 Å². The molecule has 0 bridgehead atoms. The normalized spacial score (nSPS) is 17.8. The number of hydrogen-bond acceptors (Lipinski definition) is 5. The zero-order valence-electron chi connectivity index (χ0n) is 22.1. The highest BCUT2D eigenvalue weighted by molar-refractivity contribution is 6.03. The Hall–Kier alpha value is -4.44. The minimum absolute atomic E-state index is 0.0701. The van der Waals surface area contributed by atoms with Gasteiger partial charge in [-0.05, 0) is 72.4 Å². The van der Waals surface area contributed by atoms with E-state index in [0.29, 0.717) is 28.1 Å². The number of pyridine rings is 1. The third-order valence-corrected chi connectivity index (χ3v) is 7.16. The van der Waals surface area contributed by atoms with Crippen LogP contribution in [0.15, 0.2) is 79.0 Å². The van der Waals surface area contributed by atoms with Gasteiger partial charge in [0.05, 0.1) is 5.56 Å². The number of aliphatic hydroxyl groups excluding tert-OH is 1. The molecule has 0 spiro atoms. The molecular weight excluding hydrogens is 533 g/mol. The van der Waals surface area contributed by atoms with E-state index in [1.165, 1.54) is 30.7 Å². The SMILES string of the molecule is O=C(C=CC=C(c1ccc(C(F)(F)F)cc1)c1ccnc(N2CCCCC2)c1)Nc1cccc2c1CC(O)C(=O)N2. The van der Waals surface area contributed by atoms with E-state index >= 15 is 0 Å². The van der Waals surface area contributed by atoms with Gasteiger partial charge in [0.1, 0.15) is 11.9 Å². The summed E-state index contributed by atoms with van der Waals surface area (Å²) < 4.78 is 39.6. The lowest BCUT2D eigenvalue weighted by atomic mass is 9.96. The molecule has 41 heavy (non-hydrogen) atoms. The first-order valence-corrected chi connectivity index (χ1v) is 13.4. The number of aliphatic hydroxyl groups is 1. The van der Waals surface area contributed by atoms with Gasteiger partial charge in [0.25, 0.3) is 5.91 Å². The predicted molar refractivity (Wildman–Crippen MR) is 151 cm³/mol. The van der Waals surface area contributed by atoms with Crippen LogP contribution < -0.4 is 15.5 Å². The van der Waals surface area contributed by atoms with Gasteiger partial charge in [-0.25, -0.2) is 4.98 Å². The summed E-state index contributed by atoms with van der Waals surface area (Å²) in [6, 6.07) is 13.7. The summed E-state index contributed by atoms with van der Waals surface area (Å²) in [6.07, 6.45) is 3.93. The minimum Gasteiger partial charge on any atom is -0.383 e. The van der Waals surface area contributed by atoms with Crippen molar-refractivity contribution in [3.05, 3.63) is 101 Å². The second-order valence-corrected chi connectivity index (χ2v) is 10.00. The number of carbonyl (C=O) groups is 2. The number of nitrogens with zero attached hydrogens (tertiary/aromatic N) is 2. The second kappa shape index (κ2) is 12.0. The number of halogens is 3. The molecule has 1 saturated heterocycles. The fourth-order valence-electron chi connectivity index (χ4n) is 5.03. The number of anilines is 3. The average Bonchev–Trinajstić information content (AvgIpc) is 2.96. The Morgan fingerprint density at radius 2 is 1.80 bits per heavy atom. The van der Waals surface area contributed by atoms with Crippen molar-refractivity contribution >= 4 is 34.6 Å². The van der Waals surface area contributed by atoms with Crippen LogP contribution in [0.5, 0.6) is 0 Å². The number of benzene rings is 2. The number of fused-ring (bicyclic) bond motifs is 1. The van der Waals surface area contributed by atoms with E-state index in [0.717, 1.165) is 49.4 Å². The molecule has 2 aliphatic heterocycles. The molecule has 0 aliphatic carbocycles. The number of allylic oxidation sites excluding steroid dienone is 2. The van der Waals surface area contributed by atoms with Gasteiger partial charge in [-0.15, -0.1) is 0 Å². The van der Waals surface area contributed by atoms with Crippen LogP contribution in [0.25, 0.3) is 5.57 Å². The summed E-state index contributed by atoms with van der Waals surface area (Å²) in [4.78, 5) is 31.3. The molecule has 3 N–H and O–H groups in total. The van der Waals surface area contributed by atoms with Crippen LogP contribution in [-0.4, -0.2) is 41.1 Å². The Bertz CT molecular complexity index is 1490. The van der Waals surface area contributed by atoms with Crippen LogP contribution in [0.4, 0.5) is 30.4 Å². The molecule has 1 unspecified atom stereocenters. The van der Waals surface area contributed by atoms with Crippen LogP contribution in [0.2, 0.25) is 0 Å². The van der Waals surface area contributed by atoms with E-state index in [2.05, 4.69) is 20.5 Å². The van der Waals surface area contributed by atoms with E-state index in [1.54, 1.807) is 36.5 Å². The summed E-state index contributed by atoms with van der Waals surface area (Å²) in [5.74, 6) is -0.150. The highest BCUT2D eigenvalue weighted by Crippen LogP contribution is 2.33. The van der Waals surface area contributed by atoms with Gasteiger partial charge in [0.15, 0.2) is 0 Å². The van der Waals surface area contributed by atoms with Gasteiger partial charge in [-0.2, -0.15) is 13.2 Å². The molecule has 3 aromatic rings. The maximum Gasteiger partial charge on any atom is 0.416 e. The number of alkyl halides is 3. The van der Waals surface area contributed by atoms with E-state index in [-0.39, 0.29) is 6.42 Å². The van der Waals surface area contributed by atoms with E-state index in [9.17, 15) is 27.9 Å². The number of carbonyl (C=O) groups excluding carboxylic acids is 2. The molecule has 7 nitrogen and oxygen atoms in total. The topological polar surface area (TPSA) is 94.6 Å². The number of nitrogens with one attached hydrogen (secondary N) is 2. The first kappa shape index (κ1) is 28.1. The molecule has 0 radical (unpaired) electrons. The Labute approximate surface area is 235 Å². The molecule has 1 aromatic heterocycles. The van der Waals surface area contributed by atoms with Gasteiger partial charge >= 0.3 is 6.18 Å². The molecule has 2 amide bonds. The third kappa shape index (κ3) is 6.66. The molecule has 10 heteroatoms. The Morgan fingerprint density at radius 3 is 2.54 bits per heavy atom. The van der Waals surface area contributed by atoms with Crippen LogP contribution in [0.1, 0.15) is 41.5 Å². The first-order valence-electron chi connectivity index (χ1n) is 13.4. The molecule has 2 aromatic carbocycles. The first-order chi connectivity index (χ1) is 19.7. The van der Waals surface area contributed by atoms with E-state index in [4.69, 9.17) is 0 Å². The highest BCUT2D eigenvalue weighted by Gasteiger charge is 2.30. The Balaban J connectivity index is 1.42. The molecule has 2 aliphatic rings. The standard InChI is InChI=1S/C31H29F3N4O3/c32-31(33,34)22-12-10-20(11-13-22)23(21-14-15-35-28(18-21)38-16-2-1-3-17-38)6-4-9-29(40)36-25-7-5-8-26-24(25)19-27(39)30(41)37-26/h4-15,18,27,39H,1-3,16-17,19H2,(H,36,40)(H,37,41). The van der Waals surface area contributed by atoms with Gasteiger partial charge in [0, 0.05) is 48.7 Å². The van der Waals surface area contributed by atoms with Crippen molar-refractivity contribution in [2.45, 2.75) is 38.0 Å². The highest BCUT2D eigenvalue weighted by atomic mass is 19.4. The van der Waals surface area contributed by atoms with Gasteiger partial charge < -0.3 is 20.6 Å². The fraction of sp³-hybridized carbons (Fsp3) is 0.258. The number of rotatable bonds is 6. The largest absolute Gasteiger partial charge is 0.416 e. The van der Waals surface area contributed by atoms with Gasteiger partial charge in [-0.1, -0.05) is 30.4 Å². The van der Waals surface area contributed by atoms with Crippen LogP contribution in [0.3, 0.4) is 0 Å². The summed E-state index contributed by atoms with van der Waals surface area (Å²) in [7, 11) is 0. The number of aromatic nitrogens is 1. The van der Waals surface area contributed by atoms with Crippen molar-refractivity contribution < 1.29 is 27.9 Å². The predicted octanol–water partition coefficient (Wildman–Crippen LogP) is 5.57. The quantitative estimate of drug-likeness (QED) is 0.270. The zero-order chi connectivity index (χ0) is 29.0. The fourth-order valence-corrected chi connectivity index (χ4v) is 5.03. The second-order valence-electron chi connectivity index (χ2n) is 10.00. The van der Waals surface area contributed by atoms with Crippen LogP contribution in [-0.2, 0) is 22.2 Å². The monoisotopic (exact) mass is 562 g/mol. The maximum absolute atomic E-state index is 13.2. The summed E-state index contributed by atoms with van der Waals surface area (Å²) >= 11 is 0. The average molecular weight is 563 g/mol. The van der Waals surface area contributed by atoms with Crippen molar-refractivity contribution in [2.24, 2.45) is 0 Å². The summed E-state index contributed by atoms with van der Waals surface area (Å²) in [5.41, 5.74) is 2.80. The van der Waals surface area contributed by atoms with Crippen molar-refractivity contribution in [1.29, 1.82) is 0 Å². The van der Waals surface area contributed by atoms with Crippen LogP contribution in [0, 0.1) is 0 Å². The number of amides is 2. The zero-order valence-corrected chi connectivity index (χ0v) is 22.1. The molecule has 3 heterocycles. The molecule has 212 valence electrons. The smallest absolute Gasteiger partial charge is 0.383 e. The lowest BCUT2D eigenvalue weighted by molar-refractivity contribution is -0.137.